The predicted octanol–water partition coefficient (Wildman–Crippen LogP) is 0.441. The highest BCUT2D eigenvalue weighted by molar-refractivity contribution is 6.62. The van der Waals surface area contributed by atoms with E-state index in [1.807, 2.05) is 0 Å². The lowest BCUT2D eigenvalue weighted by Gasteiger charge is -2.51. The van der Waals surface area contributed by atoms with Crippen LogP contribution < -0.4 is 0 Å². The standard InChI is InChI=1S/C9H24B3N3/c1-7-12-14(5,8-2)10-13(4)11-15(12,6)9-3/h7-9H2,1-6H3/q+2. The molecule has 6 heteroatoms. The van der Waals surface area contributed by atoms with Crippen LogP contribution in [-0.2, 0) is 0 Å². The van der Waals surface area contributed by atoms with Gasteiger partial charge in [-0.3, -0.25) is 4.72 Å². The molecule has 1 heterocycles. The van der Waals surface area contributed by atoms with Crippen LogP contribution in [0.15, 0.2) is 0 Å². The highest BCUT2D eigenvalue weighted by Gasteiger charge is 2.60. The molecule has 0 aromatic rings. The Labute approximate surface area is 97.3 Å². The Kier molecular flexibility index (Phi) is 3.96. The topological polar surface area (TPSA) is 3.24 Å². The van der Waals surface area contributed by atoms with Gasteiger partial charge in [0.05, 0.1) is 6.32 Å². The Morgan fingerprint density at radius 3 is 1.67 bits per heavy atom. The van der Waals surface area contributed by atoms with E-state index in [2.05, 4.69) is 61.7 Å². The lowest BCUT2D eigenvalue weighted by molar-refractivity contribution is -0.818. The molecule has 0 saturated carbocycles. The van der Waals surface area contributed by atoms with Crippen molar-refractivity contribution in [3.8, 4) is 0 Å². The van der Waals surface area contributed by atoms with Gasteiger partial charge in [-0.2, -0.15) is 0 Å². The molecule has 1 saturated heterocycles. The van der Waals surface area contributed by atoms with Gasteiger partial charge < -0.3 is 8.61 Å². The summed E-state index contributed by atoms with van der Waals surface area (Å²) in [6.07, 6.45) is 1.22. The highest BCUT2D eigenvalue weighted by atomic mass is 15.4. The Hall–Kier alpha value is 0.0748. The number of rotatable bonds is 3. The average Bonchev–Trinajstić information content (AvgIpc) is 2.17. The van der Waals surface area contributed by atoms with Crippen molar-refractivity contribution in [3.05, 3.63) is 0 Å². The molecule has 1 aliphatic heterocycles. The quantitative estimate of drug-likeness (QED) is 0.606. The third-order valence-corrected chi connectivity index (χ3v) is 3.98. The maximum atomic E-state index is 2.34. The normalized spacial score (nSPS) is 37.3. The van der Waals surface area contributed by atoms with Crippen molar-refractivity contribution in [2.24, 2.45) is 0 Å². The molecule has 1 fully saturated rings. The largest absolute Gasteiger partial charge is 0.632 e. The van der Waals surface area contributed by atoms with Crippen LogP contribution >= 0.6 is 0 Å². The van der Waals surface area contributed by atoms with E-state index < -0.39 is 0 Å². The van der Waals surface area contributed by atoms with E-state index in [9.17, 15) is 0 Å². The first-order chi connectivity index (χ1) is 6.91. The smallest absolute Gasteiger partial charge is 0.397 e. The van der Waals surface area contributed by atoms with E-state index in [0.29, 0.717) is 6.98 Å². The molecule has 0 aromatic heterocycles. The summed E-state index contributed by atoms with van der Waals surface area (Å²) in [5.41, 5.74) is 0. The second kappa shape index (κ2) is 4.52. The van der Waals surface area contributed by atoms with Crippen LogP contribution in [0.25, 0.3) is 0 Å². The summed E-state index contributed by atoms with van der Waals surface area (Å²) in [6, 6.07) is 0. The molecule has 0 bridgehead atoms. The minimum atomic E-state index is 0.649. The summed E-state index contributed by atoms with van der Waals surface area (Å²) < 4.78 is 4.31. The van der Waals surface area contributed by atoms with Gasteiger partial charge in [-0.05, 0) is 20.9 Å². The number of nitrogens with zero attached hydrogens (tertiary/aromatic N) is 3. The monoisotopic (exact) mass is 207 g/mol. The van der Waals surface area contributed by atoms with Gasteiger partial charge >= 0.3 is 22.1 Å². The van der Waals surface area contributed by atoms with Crippen molar-refractivity contribution in [1.29, 1.82) is 0 Å². The average molecular weight is 207 g/mol. The van der Waals surface area contributed by atoms with Crippen LogP contribution in [0, 0.1) is 0 Å². The molecule has 2 atom stereocenters. The van der Waals surface area contributed by atoms with Crippen LogP contribution in [-0.4, -0.2) is 69.6 Å². The molecule has 82 valence electrons. The fraction of sp³-hybridized carbons (Fsp3) is 1.00. The van der Waals surface area contributed by atoms with Crippen LogP contribution in [0.5, 0.6) is 0 Å². The summed E-state index contributed by atoms with van der Waals surface area (Å²) in [5, 5.41) is 0. The SMILES string of the molecule is CCB1[N+](C)(CC)[B]N(C)[B][N+]1(C)CC. The van der Waals surface area contributed by atoms with E-state index >= 15 is 0 Å². The van der Waals surface area contributed by atoms with E-state index in [4.69, 9.17) is 0 Å². The molecule has 0 aliphatic carbocycles. The van der Waals surface area contributed by atoms with Crippen molar-refractivity contribution in [3.63, 3.8) is 0 Å². The van der Waals surface area contributed by atoms with Gasteiger partial charge in [-0.15, -0.1) is 0 Å². The van der Waals surface area contributed by atoms with E-state index in [1.54, 1.807) is 0 Å². The third kappa shape index (κ3) is 2.27. The van der Waals surface area contributed by atoms with Crippen LogP contribution in [0.4, 0.5) is 0 Å². The van der Waals surface area contributed by atoms with E-state index in [0.717, 1.165) is 21.7 Å². The van der Waals surface area contributed by atoms with Gasteiger partial charge in [0.25, 0.3) is 0 Å². The fourth-order valence-electron chi connectivity index (χ4n) is 3.04. The molecule has 0 amide bonds. The summed E-state index contributed by atoms with van der Waals surface area (Å²) in [5.74, 6) is 0. The van der Waals surface area contributed by atoms with Gasteiger partial charge in [0, 0.05) is 27.2 Å². The Bertz CT molecular complexity index is 209. The maximum Gasteiger partial charge on any atom is 0.632 e. The number of hydrogen-bond acceptors (Lipinski definition) is 1. The number of quaternary nitrogens is 2. The zero-order valence-corrected chi connectivity index (χ0v) is 11.2. The van der Waals surface area contributed by atoms with Gasteiger partial charge in [0.15, 0.2) is 0 Å². The van der Waals surface area contributed by atoms with Crippen molar-refractivity contribution in [1.82, 2.24) is 4.72 Å². The first kappa shape index (κ1) is 13.1. The highest BCUT2D eigenvalue weighted by Crippen LogP contribution is 2.23. The molecule has 2 unspecified atom stereocenters. The first-order valence-electron chi connectivity index (χ1n) is 6.05. The summed E-state index contributed by atoms with van der Waals surface area (Å²) in [7, 11) is 11.5. The first-order valence-corrected chi connectivity index (χ1v) is 6.05. The maximum absolute atomic E-state index is 2.34. The molecule has 1 aliphatic rings. The molecule has 3 nitrogen and oxygen atoms in total. The van der Waals surface area contributed by atoms with E-state index in [-0.39, 0.29) is 0 Å². The molecular weight excluding hydrogens is 183 g/mol. The van der Waals surface area contributed by atoms with Crippen molar-refractivity contribution >= 4 is 22.1 Å². The van der Waals surface area contributed by atoms with Gasteiger partial charge in [0.2, 0.25) is 0 Å². The number of hydrogen-bond donors (Lipinski definition) is 0. The van der Waals surface area contributed by atoms with Gasteiger partial charge in [-0.25, -0.2) is 0 Å². The second-order valence-electron chi connectivity index (χ2n) is 5.11. The molecular formula is C9H24B3N3+2. The van der Waals surface area contributed by atoms with Gasteiger partial charge in [0.1, 0.15) is 0 Å². The molecule has 15 heavy (non-hydrogen) atoms. The lowest BCUT2D eigenvalue weighted by atomic mass is 9.51. The Morgan fingerprint density at radius 1 is 1.00 bits per heavy atom. The van der Waals surface area contributed by atoms with E-state index in [1.165, 1.54) is 6.32 Å². The fourth-order valence-corrected chi connectivity index (χ4v) is 3.04. The van der Waals surface area contributed by atoms with Crippen LogP contribution in [0.3, 0.4) is 0 Å². The predicted molar refractivity (Wildman–Crippen MR) is 69.0 cm³/mol. The molecule has 1 rings (SSSR count). The molecule has 0 aromatic carbocycles. The molecule has 0 N–H and O–H groups in total. The second-order valence-corrected chi connectivity index (χ2v) is 5.11. The minimum Gasteiger partial charge on any atom is -0.397 e. The zero-order valence-electron chi connectivity index (χ0n) is 11.2. The summed E-state index contributed by atoms with van der Waals surface area (Å²) in [6.45, 7) is 9.82. The summed E-state index contributed by atoms with van der Waals surface area (Å²) >= 11 is 0. The van der Waals surface area contributed by atoms with Crippen molar-refractivity contribution in [2.75, 3.05) is 34.2 Å². The zero-order chi connectivity index (χ0) is 11.7. The Balaban J connectivity index is 2.99. The van der Waals surface area contributed by atoms with Crippen molar-refractivity contribution in [2.45, 2.75) is 27.1 Å². The minimum absolute atomic E-state index is 0.649. The molecule has 0 spiro atoms. The Morgan fingerprint density at radius 2 is 1.40 bits per heavy atom. The molecule has 2 radical (unpaired) electrons. The van der Waals surface area contributed by atoms with Gasteiger partial charge in [-0.1, -0.05) is 6.92 Å². The third-order valence-electron chi connectivity index (χ3n) is 3.98. The lowest BCUT2D eigenvalue weighted by Crippen LogP contribution is -2.81. The van der Waals surface area contributed by atoms with Crippen LogP contribution in [0.2, 0.25) is 6.32 Å². The van der Waals surface area contributed by atoms with Crippen LogP contribution in [0.1, 0.15) is 20.8 Å². The van der Waals surface area contributed by atoms with Crippen molar-refractivity contribution < 1.29 is 8.61 Å². The summed E-state index contributed by atoms with van der Waals surface area (Å²) in [4.78, 5) is 0.